The van der Waals surface area contributed by atoms with E-state index in [1.807, 2.05) is 41.5 Å². The lowest BCUT2D eigenvalue weighted by Gasteiger charge is -2.29. The maximum absolute atomic E-state index is 14.4. The van der Waals surface area contributed by atoms with Crippen LogP contribution in [0.5, 0.6) is 0 Å². The second-order valence-corrected chi connectivity index (χ2v) is 27.3. The number of guanidine groups is 3. The molecule has 0 aliphatic carbocycles. The molecule has 0 radical (unpaired) electrons. The lowest BCUT2D eigenvalue weighted by molar-refractivity contribution is -0.136. The Balaban J connectivity index is 6.81. The molecule has 0 aromatic rings. The molecule has 0 aliphatic rings. The van der Waals surface area contributed by atoms with Gasteiger partial charge in [0.1, 0.15) is 66.5 Å². The van der Waals surface area contributed by atoms with E-state index in [0.29, 0.717) is 6.42 Å². The van der Waals surface area contributed by atoms with Gasteiger partial charge >= 0.3 is 0 Å². The lowest BCUT2D eigenvalue weighted by atomic mass is 9.99. The maximum Gasteiger partial charge on any atom is 0.243 e. The Morgan fingerprint density at radius 3 is 0.680 bits per heavy atom. The van der Waals surface area contributed by atoms with Crippen molar-refractivity contribution in [3.8, 4) is 0 Å². The van der Waals surface area contributed by atoms with Gasteiger partial charge in [0.2, 0.25) is 70.9 Å². The highest BCUT2D eigenvalue weighted by Crippen LogP contribution is 2.15. The van der Waals surface area contributed by atoms with E-state index in [9.17, 15) is 57.5 Å². The first-order valence-corrected chi connectivity index (χ1v) is 33.6. The molecule has 0 saturated carbocycles. The van der Waals surface area contributed by atoms with E-state index in [0.717, 1.165) is 0 Å². The maximum atomic E-state index is 14.4. The Kier molecular flexibility index (Phi) is 41.7. The average molecular weight is 1380 g/mol. The van der Waals surface area contributed by atoms with E-state index in [2.05, 4.69) is 73.5 Å². The molecule has 0 rings (SSSR count). The molecule has 0 fully saturated rings. The quantitative estimate of drug-likeness (QED) is 0.0161. The van der Waals surface area contributed by atoms with Gasteiger partial charge in [0, 0.05) is 19.6 Å². The summed E-state index contributed by atoms with van der Waals surface area (Å²) < 4.78 is 0. The number of nitrogens with one attached hydrogen (secondary N) is 11. The number of primary amides is 1. The normalized spacial score (nSPS) is 15.0. The molecule has 97 heavy (non-hydrogen) atoms. The first-order chi connectivity index (χ1) is 45.0. The topological polar surface area (TPSA) is 582 Å². The summed E-state index contributed by atoms with van der Waals surface area (Å²) in [6.07, 6.45) is 1.41. The van der Waals surface area contributed by atoms with Crippen LogP contribution in [0.1, 0.15) is 181 Å². The van der Waals surface area contributed by atoms with Crippen LogP contribution < -0.4 is 104 Å². The fourth-order valence-corrected chi connectivity index (χ4v) is 9.86. The molecule has 0 saturated heterocycles. The number of carbonyl (C=O) groups is 12. The molecule has 0 unspecified atom stereocenters. The molecule has 12 atom stereocenters. The van der Waals surface area contributed by atoms with Crippen LogP contribution in [0.25, 0.3) is 0 Å². The summed E-state index contributed by atoms with van der Waals surface area (Å²) in [5.74, 6) is -10.4. The number of rotatable bonds is 47. The van der Waals surface area contributed by atoms with Crippen LogP contribution in [0.15, 0.2) is 15.0 Å². The standard InChI is InChI=1S/C63H120N22O12/c1-31(2)25-40(64)53(90)75-37(13)50(87)79-42(20-17-23-73-62(68)69)55(92)82-47(29-35(9)10)59(96)85-46(28-34(7)8)58(95)77-39(15)52(89)80-43(21-18-24-74-63(70)71)56(93)83-48(30-36(11)12)60(97)84-45(27-33(5)6)57(94)76-38(14)51(88)78-41(19-16-22-72-61(66)67)54(91)81-44(49(65)86)26-32(3)4/h31-48H,16-30,64H2,1-15H3,(H2,65,86)(H,75,90)(H,76,94)(H,77,95)(H,78,88)(H,79,87)(H,80,89)(H,81,91)(H,82,92)(H,83,93)(H,84,97)(H,85,96)(H4,66,67,72)(H4,68,69,73)(H4,70,71,74)/t37-,38-,39-,40-,41-,42-,43-,44-,45-,46-,47-,48-/m0/s1. The van der Waals surface area contributed by atoms with Crippen LogP contribution >= 0.6 is 0 Å². The summed E-state index contributed by atoms with van der Waals surface area (Å²) >= 11 is 0. The van der Waals surface area contributed by atoms with Gasteiger partial charge in [0.25, 0.3) is 0 Å². The van der Waals surface area contributed by atoms with Crippen molar-refractivity contribution < 1.29 is 57.5 Å². The van der Waals surface area contributed by atoms with Crippen molar-refractivity contribution in [3.05, 3.63) is 0 Å². The Bertz CT molecular complexity index is 2660. The largest absolute Gasteiger partial charge is 0.370 e. The van der Waals surface area contributed by atoms with Crippen molar-refractivity contribution in [2.45, 2.75) is 253 Å². The predicted octanol–water partition coefficient (Wildman–Crippen LogP) is -3.37. The molecule has 554 valence electrons. The SMILES string of the molecule is CC(C)C[C@H](NC(=O)[C@H](CCCN=C(N)N)NC(=O)[C@H](C)NC(=O)[C@H](CC(C)C)NC(=O)[C@H](CC(C)C)NC(=O)[C@H](CCCN=C(N)N)NC(=O)[C@H](C)NC(=O)[C@H](CC(C)C)NC(=O)[C@H](CC(C)C)NC(=O)[C@H](CCCN=C(N)N)NC(=O)[C@H](C)NC(=O)[C@@H](N)CC(C)C)C(N)=O. The molecule has 34 heteroatoms. The molecular formula is C63H120N22O12. The molecule has 0 spiro atoms. The van der Waals surface area contributed by atoms with E-state index in [-0.39, 0.29) is 144 Å². The highest BCUT2D eigenvalue weighted by Gasteiger charge is 2.36. The van der Waals surface area contributed by atoms with Crippen molar-refractivity contribution in [1.29, 1.82) is 0 Å². The third-order valence-electron chi connectivity index (χ3n) is 14.8. The van der Waals surface area contributed by atoms with Gasteiger partial charge in [0.15, 0.2) is 17.9 Å². The zero-order chi connectivity index (χ0) is 74.6. The minimum absolute atomic E-state index is 0.00812. The second kappa shape index (κ2) is 45.8. The van der Waals surface area contributed by atoms with Gasteiger partial charge in [-0.3, -0.25) is 72.5 Å². The summed E-state index contributed by atoms with van der Waals surface area (Å²) in [6, 6.07) is -14.6. The molecule has 27 N–H and O–H groups in total. The van der Waals surface area contributed by atoms with E-state index in [1.165, 1.54) is 20.8 Å². The average Bonchev–Trinajstić information content (AvgIpc) is 0.929. The summed E-state index contributed by atoms with van der Waals surface area (Å²) in [7, 11) is 0. The van der Waals surface area contributed by atoms with Crippen molar-refractivity contribution in [1.82, 2.24) is 58.5 Å². The predicted molar refractivity (Wildman–Crippen MR) is 372 cm³/mol. The molecular weight excluding hydrogens is 1260 g/mol. The van der Waals surface area contributed by atoms with Gasteiger partial charge in [-0.05, 0) is 133 Å². The summed E-state index contributed by atoms with van der Waals surface area (Å²) in [5, 5.41) is 29.3. The number of hydrogen-bond donors (Lipinski definition) is 19. The van der Waals surface area contributed by atoms with E-state index in [1.54, 1.807) is 41.5 Å². The fourth-order valence-electron chi connectivity index (χ4n) is 9.86. The van der Waals surface area contributed by atoms with Crippen LogP contribution in [-0.4, -0.2) is 181 Å². The number of aliphatic imine (C=N–C) groups is 3. The molecule has 34 nitrogen and oxygen atoms in total. The third-order valence-corrected chi connectivity index (χ3v) is 14.8. The summed E-state index contributed by atoms with van der Waals surface area (Å²) in [4.78, 5) is 177. The lowest BCUT2D eigenvalue weighted by Crippen LogP contribution is -2.60. The minimum Gasteiger partial charge on any atom is -0.370 e. The molecule has 0 aromatic carbocycles. The van der Waals surface area contributed by atoms with Crippen molar-refractivity contribution in [2.75, 3.05) is 19.6 Å². The van der Waals surface area contributed by atoms with E-state index in [4.69, 9.17) is 45.9 Å². The second-order valence-electron chi connectivity index (χ2n) is 27.3. The number of nitrogens with zero attached hydrogens (tertiary/aromatic N) is 3. The van der Waals surface area contributed by atoms with Gasteiger partial charge in [0.05, 0.1) is 6.04 Å². The third kappa shape index (κ3) is 38.7. The monoisotopic (exact) mass is 1380 g/mol. The fraction of sp³-hybridized carbons (Fsp3) is 0.762. The summed E-state index contributed by atoms with van der Waals surface area (Å²) in [5.41, 5.74) is 44.7. The van der Waals surface area contributed by atoms with Gasteiger partial charge in [-0.1, -0.05) is 83.1 Å². The van der Waals surface area contributed by atoms with Crippen molar-refractivity contribution >= 4 is 88.8 Å². The number of hydrogen-bond acceptors (Lipinski definition) is 16. The first kappa shape index (κ1) is 88.4. The minimum atomic E-state index is -1.37. The smallest absolute Gasteiger partial charge is 0.243 e. The molecule has 0 aromatic heterocycles. The van der Waals surface area contributed by atoms with Gasteiger partial charge < -0.3 is 104 Å². The van der Waals surface area contributed by atoms with E-state index >= 15 is 0 Å². The highest BCUT2D eigenvalue weighted by molar-refractivity contribution is 5.99. The van der Waals surface area contributed by atoms with Crippen molar-refractivity contribution in [2.24, 2.45) is 96.4 Å². The van der Waals surface area contributed by atoms with Gasteiger partial charge in [-0.25, -0.2) is 0 Å². The molecule has 12 amide bonds. The molecule has 0 aliphatic heterocycles. The molecule has 0 heterocycles. The van der Waals surface area contributed by atoms with Crippen LogP contribution in [0, 0.1) is 35.5 Å². The first-order valence-electron chi connectivity index (χ1n) is 33.6. The Labute approximate surface area is 572 Å². The number of nitrogens with two attached hydrogens (primary N) is 8. The Morgan fingerprint density at radius 1 is 0.258 bits per heavy atom. The Hall–Kier alpha value is -8.59. The van der Waals surface area contributed by atoms with Crippen LogP contribution in [-0.2, 0) is 57.5 Å². The highest BCUT2D eigenvalue weighted by atomic mass is 16.2. The number of carbonyl (C=O) groups excluding carboxylic acids is 12. The number of amides is 12. The van der Waals surface area contributed by atoms with E-state index < -0.39 is 143 Å². The Morgan fingerprint density at radius 2 is 0.454 bits per heavy atom. The zero-order valence-corrected chi connectivity index (χ0v) is 59.9. The van der Waals surface area contributed by atoms with Gasteiger partial charge in [-0.15, -0.1) is 0 Å². The van der Waals surface area contributed by atoms with Crippen LogP contribution in [0.3, 0.4) is 0 Å². The van der Waals surface area contributed by atoms with Gasteiger partial charge in [-0.2, -0.15) is 0 Å². The zero-order valence-electron chi connectivity index (χ0n) is 59.9. The van der Waals surface area contributed by atoms with Crippen LogP contribution in [0.2, 0.25) is 0 Å². The molecule has 0 bridgehead atoms. The van der Waals surface area contributed by atoms with Crippen LogP contribution in [0.4, 0.5) is 0 Å². The van der Waals surface area contributed by atoms with Crippen molar-refractivity contribution in [3.63, 3.8) is 0 Å². The summed E-state index contributed by atoms with van der Waals surface area (Å²) in [6.45, 7) is 26.3.